The van der Waals surface area contributed by atoms with Crippen LogP contribution in [0.25, 0.3) is 11.2 Å². The lowest BCUT2D eigenvalue weighted by atomic mass is 10.0. The van der Waals surface area contributed by atoms with Gasteiger partial charge in [0.05, 0.1) is 11.7 Å². The lowest BCUT2D eigenvalue weighted by Gasteiger charge is -2.18. The van der Waals surface area contributed by atoms with Crippen molar-refractivity contribution in [3.05, 3.63) is 18.3 Å². The third kappa shape index (κ3) is 1.35. The van der Waals surface area contributed by atoms with E-state index in [0.717, 1.165) is 17.8 Å². The van der Waals surface area contributed by atoms with E-state index in [1.54, 1.807) is 6.20 Å². The largest absolute Gasteiger partial charge is 0.338 e. The van der Waals surface area contributed by atoms with Crippen LogP contribution in [0.15, 0.2) is 12.5 Å². The number of aromatic amines is 1. The van der Waals surface area contributed by atoms with Gasteiger partial charge in [0.1, 0.15) is 17.7 Å². The molecular formula is C9H13N5. The molecule has 2 heterocycles. The van der Waals surface area contributed by atoms with Gasteiger partial charge in [-0.1, -0.05) is 6.92 Å². The highest BCUT2D eigenvalue weighted by Gasteiger charge is 2.22. The fourth-order valence-electron chi connectivity index (χ4n) is 1.20. The Labute approximate surface area is 81.8 Å². The summed E-state index contributed by atoms with van der Waals surface area (Å²) < 4.78 is 0. The summed E-state index contributed by atoms with van der Waals surface area (Å²) in [6, 6.07) is 0. The van der Waals surface area contributed by atoms with Crippen LogP contribution in [-0.4, -0.2) is 19.9 Å². The summed E-state index contributed by atoms with van der Waals surface area (Å²) in [5, 5.41) is 0. The Bertz CT molecular complexity index is 412. The van der Waals surface area contributed by atoms with E-state index in [2.05, 4.69) is 19.9 Å². The van der Waals surface area contributed by atoms with E-state index in [4.69, 9.17) is 5.73 Å². The molecule has 0 spiro atoms. The summed E-state index contributed by atoms with van der Waals surface area (Å²) in [5.41, 5.74) is 7.12. The second-order valence-electron chi connectivity index (χ2n) is 3.62. The van der Waals surface area contributed by atoms with Gasteiger partial charge in [0.25, 0.3) is 0 Å². The highest BCUT2D eigenvalue weighted by atomic mass is 15.0. The molecule has 0 aliphatic carbocycles. The third-order valence-electron chi connectivity index (χ3n) is 2.44. The maximum atomic E-state index is 6.06. The van der Waals surface area contributed by atoms with Gasteiger partial charge < -0.3 is 10.7 Å². The lowest BCUT2D eigenvalue weighted by molar-refractivity contribution is 0.451. The summed E-state index contributed by atoms with van der Waals surface area (Å²) in [7, 11) is 0. The first-order valence-corrected chi connectivity index (χ1v) is 4.58. The molecule has 0 amide bonds. The summed E-state index contributed by atoms with van der Waals surface area (Å²) in [5.74, 6) is 0.760. The van der Waals surface area contributed by atoms with Crippen molar-refractivity contribution in [1.29, 1.82) is 0 Å². The van der Waals surface area contributed by atoms with E-state index in [0.29, 0.717) is 5.65 Å². The molecule has 0 aromatic carbocycles. The van der Waals surface area contributed by atoms with Gasteiger partial charge >= 0.3 is 0 Å². The average molecular weight is 191 g/mol. The molecule has 0 aliphatic heterocycles. The molecule has 0 saturated carbocycles. The highest BCUT2D eigenvalue weighted by molar-refractivity contribution is 5.68. The van der Waals surface area contributed by atoms with Gasteiger partial charge in [-0.05, 0) is 13.3 Å². The Morgan fingerprint density at radius 2 is 2.36 bits per heavy atom. The molecule has 2 rings (SSSR count). The lowest BCUT2D eigenvalue weighted by Crippen LogP contribution is -2.33. The number of fused-ring (bicyclic) bond motifs is 1. The molecule has 0 saturated heterocycles. The van der Waals surface area contributed by atoms with Crippen molar-refractivity contribution in [2.24, 2.45) is 5.73 Å². The minimum Gasteiger partial charge on any atom is -0.338 e. The molecule has 3 N–H and O–H groups in total. The SMILES string of the molecule is CCC(C)(N)c1nc2ncncc2[nH]1. The zero-order valence-electron chi connectivity index (χ0n) is 8.28. The number of nitrogens with two attached hydrogens (primary N) is 1. The van der Waals surface area contributed by atoms with Crippen molar-refractivity contribution in [2.75, 3.05) is 0 Å². The predicted octanol–water partition coefficient (Wildman–Crippen LogP) is 0.937. The van der Waals surface area contributed by atoms with E-state index in [1.807, 2.05) is 13.8 Å². The van der Waals surface area contributed by atoms with Crippen LogP contribution in [0, 0.1) is 0 Å². The standard InChI is InChI=1S/C9H13N5/c1-3-9(2,10)8-13-6-4-11-5-12-7(6)14-8/h4-5H,3,10H2,1-2H3,(H,11,12,13,14). The topological polar surface area (TPSA) is 80.5 Å². The number of H-pyrrole nitrogens is 1. The van der Waals surface area contributed by atoms with Gasteiger partial charge in [0.15, 0.2) is 5.65 Å². The Kier molecular flexibility index (Phi) is 1.96. The predicted molar refractivity (Wildman–Crippen MR) is 53.5 cm³/mol. The number of hydrogen-bond donors (Lipinski definition) is 2. The first kappa shape index (κ1) is 9.08. The molecule has 0 radical (unpaired) electrons. The van der Waals surface area contributed by atoms with Crippen LogP contribution in [0.3, 0.4) is 0 Å². The van der Waals surface area contributed by atoms with Crippen LogP contribution >= 0.6 is 0 Å². The quantitative estimate of drug-likeness (QED) is 0.740. The van der Waals surface area contributed by atoms with Crippen molar-refractivity contribution in [1.82, 2.24) is 19.9 Å². The zero-order valence-corrected chi connectivity index (χ0v) is 8.28. The molecule has 1 unspecified atom stereocenters. The number of rotatable bonds is 2. The fraction of sp³-hybridized carbons (Fsp3) is 0.444. The monoisotopic (exact) mass is 191 g/mol. The highest BCUT2D eigenvalue weighted by Crippen LogP contribution is 2.19. The molecule has 0 aliphatic rings. The maximum absolute atomic E-state index is 6.06. The fourth-order valence-corrected chi connectivity index (χ4v) is 1.20. The van der Waals surface area contributed by atoms with Crippen molar-refractivity contribution in [3.8, 4) is 0 Å². The van der Waals surface area contributed by atoms with Crippen LogP contribution in [-0.2, 0) is 5.54 Å². The van der Waals surface area contributed by atoms with E-state index >= 15 is 0 Å². The molecule has 2 aromatic rings. The molecule has 0 fully saturated rings. The summed E-state index contributed by atoms with van der Waals surface area (Å²) in [6.45, 7) is 3.97. The Hall–Kier alpha value is -1.49. The molecule has 5 nitrogen and oxygen atoms in total. The molecule has 1 atom stereocenters. The van der Waals surface area contributed by atoms with Crippen LogP contribution in [0.1, 0.15) is 26.1 Å². The first-order valence-electron chi connectivity index (χ1n) is 4.58. The smallest absolute Gasteiger partial charge is 0.180 e. The van der Waals surface area contributed by atoms with Gasteiger partial charge in [0.2, 0.25) is 0 Å². The normalized spacial score (nSPS) is 15.6. The van der Waals surface area contributed by atoms with Gasteiger partial charge in [0, 0.05) is 0 Å². The van der Waals surface area contributed by atoms with E-state index in [1.165, 1.54) is 6.33 Å². The van der Waals surface area contributed by atoms with Crippen LogP contribution in [0.5, 0.6) is 0 Å². The average Bonchev–Trinajstić information content (AvgIpc) is 2.61. The Balaban J connectivity index is 2.55. The van der Waals surface area contributed by atoms with Gasteiger partial charge in [-0.15, -0.1) is 0 Å². The molecule has 2 aromatic heterocycles. The number of aromatic nitrogens is 4. The van der Waals surface area contributed by atoms with Crippen molar-refractivity contribution >= 4 is 11.2 Å². The van der Waals surface area contributed by atoms with Gasteiger partial charge in [-0.25, -0.2) is 15.0 Å². The third-order valence-corrected chi connectivity index (χ3v) is 2.44. The first-order chi connectivity index (χ1) is 6.63. The number of imidazole rings is 1. The summed E-state index contributed by atoms with van der Waals surface area (Å²) in [4.78, 5) is 15.4. The molecule has 74 valence electrons. The second-order valence-corrected chi connectivity index (χ2v) is 3.62. The van der Waals surface area contributed by atoms with Crippen molar-refractivity contribution in [2.45, 2.75) is 25.8 Å². The molecule has 14 heavy (non-hydrogen) atoms. The van der Waals surface area contributed by atoms with Gasteiger partial charge in [-0.3, -0.25) is 0 Å². The van der Waals surface area contributed by atoms with E-state index < -0.39 is 5.54 Å². The van der Waals surface area contributed by atoms with Crippen molar-refractivity contribution in [3.63, 3.8) is 0 Å². The van der Waals surface area contributed by atoms with E-state index in [-0.39, 0.29) is 0 Å². The minimum absolute atomic E-state index is 0.430. The molecular weight excluding hydrogens is 178 g/mol. The van der Waals surface area contributed by atoms with Crippen LogP contribution in [0.4, 0.5) is 0 Å². The Morgan fingerprint density at radius 3 is 3.00 bits per heavy atom. The van der Waals surface area contributed by atoms with Gasteiger partial charge in [-0.2, -0.15) is 0 Å². The molecule has 5 heteroatoms. The summed E-state index contributed by atoms with van der Waals surface area (Å²) >= 11 is 0. The van der Waals surface area contributed by atoms with E-state index in [9.17, 15) is 0 Å². The molecule has 0 bridgehead atoms. The van der Waals surface area contributed by atoms with Crippen LogP contribution < -0.4 is 5.73 Å². The van der Waals surface area contributed by atoms with Crippen molar-refractivity contribution < 1.29 is 0 Å². The maximum Gasteiger partial charge on any atom is 0.180 e. The Morgan fingerprint density at radius 1 is 1.57 bits per heavy atom. The van der Waals surface area contributed by atoms with Crippen LogP contribution in [0.2, 0.25) is 0 Å². The zero-order chi connectivity index (χ0) is 10.2. The number of nitrogens with one attached hydrogen (secondary N) is 1. The number of nitrogens with zero attached hydrogens (tertiary/aromatic N) is 3. The second kappa shape index (κ2) is 3.02. The summed E-state index contributed by atoms with van der Waals surface area (Å²) in [6.07, 6.45) is 4.00. The minimum atomic E-state index is -0.430. The number of hydrogen-bond acceptors (Lipinski definition) is 4.